The van der Waals surface area contributed by atoms with Crippen LogP contribution in [0.2, 0.25) is 0 Å². The third-order valence-electron chi connectivity index (χ3n) is 3.15. The third kappa shape index (κ3) is 2.42. The number of aromatic nitrogens is 2. The number of hydrogen-bond donors (Lipinski definition) is 0. The number of pyridine rings is 1. The lowest BCUT2D eigenvalue weighted by atomic mass is 10.3. The van der Waals surface area contributed by atoms with Gasteiger partial charge in [0.25, 0.3) is 0 Å². The molecule has 0 radical (unpaired) electrons. The first-order valence-corrected chi connectivity index (χ1v) is 5.77. The van der Waals surface area contributed by atoms with Gasteiger partial charge in [-0.25, -0.2) is 4.98 Å². The topological polar surface area (TPSA) is 30.3 Å². The Kier molecular flexibility index (Phi) is 3.33. The minimum Gasteiger partial charge on any atom is -0.495 e. The average Bonchev–Trinajstić information content (AvgIpc) is 2.71. The molecule has 2 aromatic heterocycles. The lowest BCUT2D eigenvalue weighted by Crippen LogP contribution is -2.29. The minimum absolute atomic E-state index is 0.481. The molecule has 0 unspecified atom stereocenters. The van der Waals surface area contributed by atoms with Crippen LogP contribution in [-0.2, 0) is 6.54 Å². The summed E-state index contributed by atoms with van der Waals surface area (Å²) in [5.74, 6) is 0.802. The van der Waals surface area contributed by atoms with Crippen molar-refractivity contribution in [3.05, 3.63) is 24.5 Å². The molecule has 92 valence electrons. The molecule has 2 aromatic rings. The summed E-state index contributed by atoms with van der Waals surface area (Å²) in [6.07, 6.45) is 3.84. The van der Waals surface area contributed by atoms with E-state index in [1.807, 2.05) is 6.07 Å². The molecule has 4 heteroatoms. The summed E-state index contributed by atoms with van der Waals surface area (Å²) >= 11 is 0. The van der Waals surface area contributed by atoms with Gasteiger partial charge in [0, 0.05) is 24.2 Å². The van der Waals surface area contributed by atoms with Crippen LogP contribution in [0.15, 0.2) is 24.5 Å². The van der Waals surface area contributed by atoms with Crippen molar-refractivity contribution in [1.82, 2.24) is 14.5 Å². The molecule has 0 saturated carbocycles. The van der Waals surface area contributed by atoms with E-state index in [0.29, 0.717) is 6.04 Å². The van der Waals surface area contributed by atoms with Crippen LogP contribution in [0.4, 0.5) is 0 Å². The van der Waals surface area contributed by atoms with Crippen LogP contribution >= 0.6 is 0 Å². The maximum absolute atomic E-state index is 5.17. The van der Waals surface area contributed by atoms with Gasteiger partial charge in [-0.1, -0.05) is 0 Å². The Morgan fingerprint density at radius 1 is 1.47 bits per heavy atom. The Morgan fingerprint density at radius 2 is 2.24 bits per heavy atom. The summed E-state index contributed by atoms with van der Waals surface area (Å²) in [7, 11) is 5.84. The van der Waals surface area contributed by atoms with Gasteiger partial charge in [-0.05, 0) is 33.2 Å². The number of hydrogen-bond acceptors (Lipinski definition) is 3. The fourth-order valence-electron chi connectivity index (χ4n) is 1.76. The van der Waals surface area contributed by atoms with Gasteiger partial charge in [-0.15, -0.1) is 0 Å². The number of methoxy groups -OCH3 is 1. The second-order valence-corrected chi connectivity index (χ2v) is 4.57. The largest absolute Gasteiger partial charge is 0.495 e. The first-order chi connectivity index (χ1) is 8.11. The fourth-order valence-corrected chi connectivity index (χ4v) is 1.76. The number of likely N-dealkylation sites (N-methyl/N-ethyl adjacent to an activating group) is 1. The van der Waals surface area contributed by atoms with Gasteiger partial charge in [-0.3, -0.25) is 0 Å². The number of fused-ring (bicyclic) bond motifs is 1. The predicted molar refractivity (Wildman–Crippen MR) is 69.4 cm³/mol. The summed E-state index contributed by atoms with van der Waals surface area (Å²) in [5.41, 5.74) is 1.01. The summed E-state index contributed by atoms with van der Waals surface area (Å²) in [5, 5.41) is 1.12. The number of nitrogens with zero attached hydrogens (tertiary/aromatic N) is 3. The van der Waals surface area contributed by atoms with E-state index in [1.165, 1.54) is 0 Å². The van der Waals surface area contributed by atoms with Gasteiger partial charge >= 0.3 is 0 Å². The van der Waals surface area contributed by atoms with E-state index in [4.69, 9.17) is 4.74 Å². The van der Waals surface area contributed by atoms with Crippen LogP contribution in [0.1, 0.15) is 6.92 Å². The standard InChI is InChI=1S/C13H19N3O/c1-10(15(2)3)9-16-6-5-11-7-12(17-4)8-14-13(11)16/h5-8,10H,9H2,1-4H3/t10-/m1/s1. The van der Waals surface area contributed by atoms with E-state index in [-0.39, 0.29) is 0 Å². The predicted octanol–water partition coefficient (Wildman–Crippen LogP) is 1.99. The van der Waals surface area contributed by atoms with Gasteiger partial charge < -0.3 is 14.2 Å². The van der Waals surface area contributed by atoms with E-state index >= 15 is 0 Å². The zero-order valence-electron chi connectivity index (χ0n) is 10.8. The van der Waals surface area contributed by atoms with Gasteiger partial charge in [0.05, 0.1) is 13.3 Å². The Morgan fingerprint density at radius 3 is 2.88 bits per heavy atom. The Bertz CT molecular complexity index is 504. The van der Waals surface area contributed by atoms with E-state index in [2.05, 4.69) is 47.7 Å². The molecule has 0 aliphatic carbocycles. The third-order valence-corrected chi connectivity index (χ3v) is 3.15. The Balaban J connectivity index is 2.30. The Labute approximate surface area is 102 Å². The van der Waals surface area contributed by atoms with Gasteiger partial charge in [0.1, 0.15) is 11.4 Å². The highest BCUT2D eigenvalue weighted by Crippen LogP contribution is 2.19. The summed E-state index contributed by atoms with van der Waals surface area (Å²) in [6.45, 7) is 3.14. The van der Waals surface area contributed by atoms with Crippen LogP contribution < -0.4 is 4.74 Å². The lowest BCUT2D eigenvalue weighted by molar-refractivity contribution is 0.286. The van der Waals surface area contributed by atoms with Crippen LogP contribution in [0.3, 0.4) is 0 Å². The van der Waals surface area contributed by atoms with Crippen molar-refractivity contribution in [2.45, 2.75) is 19.5 Å². The van der Waals surface area contributed by atoms with E-state index in [0.717, 1.165) is 23.3 Å². The van der Waals surface area contributed by atoms with Crippen LogP contribution in [0.5, 0.6) is 5.75 Å². The highest BCUT2D eigenvalue weighted by molar-refractivity contribution is 5.77. The molecular weight excluding hydrogens is 214 g/mol. The number of rotatable bonds is 4. The molecule has 0 amide bonds. The molecule has 0 aromatic carbocycles. The van der Waals surface area contributed by atoms with E-state index in [9.17, 15) is 0 Å². The molecule has 0 aliphatic heterocycles. The Hall–Kier alpha value is -1.55. The highest BCUT2D eigenvalue weighted by Gasteiger charge is 2.09. The van der Waals surface area contributed by atoms with Gasteiger partial charge in [-0.2, -0.15) is 0 Å². The zero-order valence-corrected chi connectivity index (χ0v) is 10.8. The molecule has 0 bridgehead atoms. The molecule has 1 atom stereocenters. The molecule has 0 N–H and O–H groups in total. The summed E-state index contributed by atoms with van der Waals surface area (Å²) < 4.78 is 7.35. The summed E-state index contributed by atoms with van der Waals surface area (Å²) in [4.78, 5) is 6.65. The monoisotopic (exact) mass is 233 g/mol. The second-order valence-electron chi connectivity index (χ2n) is 4.57. The molecule has 17 heavy (non-hydrogen) atoms. The van der Waals surface area contributed by atoms with Gasteiger partial charge in [0.15, 0.2) is 0 Å². The summed E-state index contributed by atoms with van der Waals surface area (Å²) in [6, 6.07) is 4.57. The molecule has 2 rings (SSSR count). The van der Waals surface area contributed by atoms with Crippen LogP contribution in [0.25, 0.3) is 11.0 Å². The maximum Gasteiger partial charge on any atom is 0.140 e. The molecule has 0 spiro atoms. The first kappa shape index (κ1) is 11.9. The lowest BCUT2D eigenvalue weighted by Gasteiger charge is -2.20. The van der Waals surface area contributed by atoms with Crippen molar-refractivity contribution >= 4 is 11.0 Å². The first-order valence-electron chi connectivity index (χ1n) is 5.77. The smallest absolute Gasteiger partial charge is 0.140 e. The van der Waals surface area contributed by atoms with Crippen LogP contribution in [0, 0.1) is 0 Å². The van der Waals surface area contributed by atoms with Gasteiger partial charge in [0.2, 0.25) is 0 Å². The normalized spacial score (nSPS) is 13.2. The quantitative estimate of drug-likeness (QED) is 0.809. The molecule has 4 nitrogen and oxygen atoms in total. The number of ether oxygens (including phenoxy) is 1. The molecule has 0 saturated heterocycles. The van der Waals surface area contributed by atoms with Crippen molar-refractivity contribution in [2.75, 3.05) is 21.2 Å². The van der Waals surface area contributed by atoms with Crippen molar-refractivity contribution < 1.29 is 4.74 Å². The fraction of sp³-hybridized carbons (Fsp3) is 0.462. The second kappa shape index (κ2) is 4.75. The average molecular weight is 233 g/mol. The SMILES string of the molecule is COc1cnc2c(ccn2C[C@@H](C)N(C)C)c1. The molecular formula is C13H19N3O. The van der Waals surface area contributed by atoms with Crippen LogP contribution in [-0.4, -0.2) is 41.7 Å². The highest BCUT2D eigenvalue weighted by atomic mass is 16.5. The van der Waals surface area contributed by atoms with Crippen molar-refractivity contribution in [3.63, 3.8) is 0 Å². The van der Waals surface area contributed by atoms with Crippen molar-refractivity contribution in [2.24, 2.45) is 0 Å². The van der Waals surface area contributed by atoms with E-state index < -0.39 is 0 Å². The van der Waals surface area contributed by atoms with Crippen molar-refractivity contribution in [1.29, 1.82) is 0 Å². The van der Waals surface area contributed by atoms with E-state index in [1.54, 1.807) is 13.3 Å². The zero-order chi connectivity index (χ0) is 12.4. The maximum atomic E-state index is 5.17. The minimum atomic E-state index is 0.481. The molecule has 0 aliphatic rings. The molecule has 2 heterocycles. The van der Waals surface area contributed by atoms with Crippen molar-refractivity contribution in [3.8, 4) is 5.75 Å². The molecule has 0 fully saturated rings.